The van der Waals surface area contributed by atoms with Crippen LogP contribution in [0.15, 0.2) is 72.6 Å². The number of allylic oxidation sites excluding steroid dienone is 1. The maximum Gasteiger partial charge on any atom is 0.253 e. The Morgan fingerprint density at radius 1 is 1.05 bits per heavy atom. The molecule has 1 amide bonds. The minimum absolute atomic E-state index is 0.0757. The molecule has 7 rings (SSSR count). The summed E-state index contributed by atoms with van der Waals surface area (Å²) in [6.07, 6.45) is 6.17. The maximum absolute atomic E-state index is 12.9. The number of ether oxygens (including phenoxy) is 1. The first-order chi connectivity index (χ1) is 21.3. The molecule has 0 saturated carbocycles. The Bertz CT molecular complexity index is 1890. The van der Waals surface area contributed by atoms with Crippen LogP contribution in [-0.2, 0) is 11.8 Å². The van der Waals surface area contributed by atoms with Crippen molar-refractivity contribution in [3.63, 3.8) is 0 Å². The van der Waals surface area contributed by atoms with E-state index in [9.17, 15) is 9.90 Å². The molecule has 0 radical (unpaired) electrons. The number of imidazole rings is 1. The van der Waals surface area contributed by atoms with E-state index in [2.05, 4.69) is 31.3 Å². The van der Waals surface area contributed by atoms with Crippen molar-refractivity contribution in [3.05, 3.63) is 78.2 Å². The van der Waals surface area contributed by atoms with Crippen LogP contribution < -0.4 is 15.0 Å². The van der Waals surface area contributed by atoms with Gasteiger partial charge in [-0.25, -0.2) is 14.5 Å². The number of fused-ring (bicyclic) bond motifs is 4. The standard InChI is InChI=1S/C31H32N8O3.C2H6/c1-18-11-21(5-8-28(18)42-24-6-7-26-25(13-24)33-17-36(26)4)35-30-29-27(9-10-39(29)34-16-32-30)37-14-23-12-22(37)15-38(23)31(41)19(2)20(3)40;1-2/h5-11,13,16-17,22-23,40H,12,14-15H2,1-4H3,(H,32,34,35);1-2H3/b20-19-;. The topological polar surface area (TPSA) is 113 Å². The molecule has 0 aliphatic carbocycles. The second-order valence-corrected chi connectivity index (χ2v) is 11.2. The van der Waals surface area contributed by atoms with Crippen LogP contribution in [0.5, 0.6) is 11.5 Å². The van der Waals surface area contributed by atoms with Gasteiger partial charge in [-0.1, -0.05) is 13.8 Å². The fraction of sp³-hybridized carbons (Fsp3) is 0.333. The van der Waals surface area contributed by atoms with Gasteiger partial charge >= 0.3 is 0 Å². The fourth-order valence-electron chi connectivity index (χ4n) is 6.13. The van der Waals surface area contributed by atoms with Gasteiger partial charge in [0.15, 0.2) is 5.82 Å². The van der Waals surface area contributed by atoms with Gasteiger partial charge in [0.1, 0.15) is 23.3 Å². The minimum atomic E-state index is -0.0883. The number of carbonyl (C=O) groups is 1. The zero-order chi connectivity index (χ0) is 31.1. The first kappa shape index (κ1) is 29.0. The number of aryl methyl sites for hydroxylation is 2. The van der Waals surface area contributed by atoms with Crippen LogP contribution in [0.4, 0.5) is 17.2 Å². The summed E-state index contributed by atoms with van der Waals surface area (Å²) >= 11 is 0. The lowest BCUT2D eigenvalue weighted by Crippen LogP contribution is -2.49. The molecule has 11 heteroatoms. The van der Waals surface area contributed by atoms with Crippen LogP contribution in [0.2, 0.25) is 0 Å². The van der Waals surface area contributed by atoms with E-state index < -0.39 is 0 Å². The molecular weight excluding hydrogens is 556 g/mol. The van der Waals surface area contributed by atoms with Crippen LogP contribution in [-0.4, -0.2) is 65.2 Å². The Morgan fingerprint density at radius 2 is 1.86 bits per heavy atom. The number of nitrogens with one attached hydrogen (secondary N) is 1. The van der Waals surface area contributed by atoms with Crippen LogP contribution in [0.3, 0.4) is 0 Å². The Morgan fingerprint density at radius 3 is 2.59 bits per heavy atom. The number of carbonyl (C=O) groups excluding carboxylic acids is 1. The molecule has 2 atom stereocenters. The number of rotatable bonds is 6. The first-order valence-electron chi connectivity index (χ1n) is 15.0. The summed E-state index contributed by atoms with van der Waals surface area (Å²) < 4.78 is 10.0. The van der Waals surface area contributed by atoms with Gasteiger partial charge in [0.2, 0.25) is 0 Å². The summed E-state index contributed by atoms with van der Waals surface area (Å²) in [5.41, 5.74) is 6.12. The Hall–Kier alpha value is -5.06. The molecule has 2 aromatic carbocycles. The molecule has 3 aromatic heterocycles. The molecule has 2 N–H and O–H groups in total. The van der Waals surface area contributed by atoms with E-state index in [1.165, 1.54) is 0 Å². The summed E-state index contributed by atoms with van der Waals surface area (Å²) in [5, 5.41) is 17.7. The normalized spacial score (nSPS) is 18.0. The van der Waals surface area contributed by atoms with E-state index in [4.69, 9.17) is 4.74 Å². The van der Waals surface area contributed by atoms with Crippen molar-refractivity contribution in [1.29, 1.82) is 0 Å². The van der Waals surface area contributed by atoms with E-state index in [1.54, 1.807) is 26.5 Å². The van der Waals surface area contributed by atoms with Gasteiger partial charge in [0.25, 0.3) is 5.91 Å². The van der Waals surface area contributed by atoms with Gasteiger partial charge in [-0.15, -0.1) is 0 Å². The molecule has 5 aromatic rings. The van der Waals surface area contributed by atoms with Crippen molar-refractivity contribution in [2.75, 3.05) is 23.3 Å². The Balaban J connectivity index is 0.00000168. The maximum atomic E-state index is 12.9. The molecule has 228 valence electrons. The average molecular weight is 595 g/mol. The zero-order valence-corrected chi connectivity index (χ0v) is 25.9. The van der Waals surface area contributed by atoms with Gasteiger partial charge in [-0.3, -0.25) is 4.79 Å². The van der Waals surface area contributed by atoms with Gasteiger partial charge in [0, 0.05) is 44.1 Å². The predicted molar refractivity (Wildman–Crippen MR) is 172 cm³/mol. The third-order valence-corrected chi connectivity index (χ3v) is 8.47. The number of piperazine rings is 1. The number of likely N-dealkylation sites (tertiary alicyclic amines) is 1. The molecule has 2 saturated heterocycles. The molecule has 2 bridgehead atoms. The van der Waals surface area contributed by atoms with E-state index in [0.717, 1.165) is 58.0 Å². The molecule has 0 spiro atoms. The van der Waals surface area contributed by atoms with Crippen molar-refractivity contribution in [2.24, 2.45) is 7.05 Å². The fourth-order valence-corrected chi connectivity index (χ4v) is 6.13. The molecular formula is C33H38N8O3. The number of nitrogens with zero attached hydrogens (tertiary/aromatic N) is 7. The van der Waals surface area contributed by atoms with Crippen LogP contribution in [0.25, 0.3) is 16.6 Å². The highest BCUT2D eigenvalue weighted by molar-refractivity contribution is 5.94. The van der Waals surface area contributed by atoms with E-state index in [-0.39, 0.29) is 23.8 Å². The van der Waals surface area contributed by atoms with Crippen molar-refractivity contribution in [2.45, 2.75) is 53.1 Å². The molecule has 11 nitrogen and oxygen atoms in total. The zero-order valence-electron chi connectivity index (χ0n) is 25.9. The lowest BCUT2D eigenvalue weighted by molar-refractivity contribution is -0.128. The lowest BCUT2D eigenvalue weighted by atomic mass is 10.2. The highest BCUT2D eigenvalue weighted by Gasteiger charge is 2.46. The van der Waals surface area contributed by atoms with Gasteiger partial charge in [-0.05, 0) is 69.2 Å². The molecule has 44 heavy (non-hydrogen) atoms. The largest absolute Gasteiger partial charge is 0.512 e. The summed E-state index contributed by atoms with van der Waals surface area (Å²) in [4.78, 5) is 26.2. The van der Waals surface area contributed by atoms with Crippen molar-refractivity contribution in [3.8, 4) is 11.5 Å². The highest BCUT2D eigenvalue weighted by atomic mass is 16.5. The highest BCUT2D eigenvalue weighted by Crippen LogP contribution is 2.39. The van der Waals surface area contributed by atoms with Crippen LogP contribution in [0, 0.1) is 6.92 Å². The van der Waals surface area contributed by atoms with Gasteiger partial charge < -0.3 is 29.5 Å². The molecule has 2 fully saturated rings. The van der Waals surface area contributed by atoms with E-state index in [0.29, 0.717) is 17.9 Å². The summed E-state index contributed by atoms with van der Waals surface area (Å²) in [6, 6.07) is 14.2. The number of aliphatic hydroxyl groups excluding tert-OH is 1. The Labute approximate surface area is 256 Å². The molecule has 2 unspecified atom stereocenters. The number of hydrogen-bond donors (Lipinski definition) is 2. The predicted octanol–water partition coefficient (Wildman–Crippen LogP) is 6.13. The smallest absolute Gasteiger partial charge is 0.253 e. The van der Waals surface area contributed by atoms with Gasteiger partial charge in [0.05, 0.1) is 40.4 Å². The second-order valence-electron chi connectivity index (χ2n) is 11.2. The SMILES string of the molecule is C/C(O)=C(\C)C(=O)N1CC2CC1CN2c1ccn2ncnc(Nc3ccc(Oc4ccc5c(c4)ncn5C)c(C)c3)c12.CC. The number of hydrogen-bond acceptors (Lipinski definition) is 8. The number of benzene rings is 2. The van der Waals surface area contributed by atoms with E-state index >= 15 is 0 Å². The first-order valence-corrected chi connectivity index (χ1v) is 15.0. The molecule has 2 aliphatic heterocycles. The van der Waals surface area contributed by atoms with Crippen molar-refractivity contribution < 1.29 is 14.6 Å². The number of anilines is 3. The Kier molecular flexibility index (Phi) is 7.62. The molecule has 5 heterocycles. The van der Waals surface area contributed by atoms with E-state index in [1.807, 2.05) is 84.4 Å². The second kappa shape index (κ2) is 11.6. The summed E-state index contributed by atoms with van der Waals surface area (Å²) in [6.45, 7) is 10.6. The van der Waals surface area contributed by atoms with Crippen LogP contribution in [0.1, 0.15) is 39.7 Å². The number of aliphatic hydroxyl groups is 1. The quantitative estimate of drug-likeness (QED) is 0.178. The van der Waals surface area contributed by atoms with Crippen molar-refractivity contribution >= 4 is 39.6 Å². The monoisotopic (exact) mass is 594 g/mol. The third kappa shape index (κ3) is 5.08. The lowest BCUT2D eigenvalue weighted by Gasteiger charge is -2.35. The third-order valence-electron chi connectivity index (χ3n) is 8.47. The number of aromatic nitrogens is 5. The minimum Gasteiger partial charge on any atom is -0.512 e. The molecule has 2 aliphatic rings. The number of amides is 1. The summed E-state index contributed by atoms with van der Waals surface area (Å²) in [5.74, 6) is 2.18. The van der Waals surface area contributed by atoms with Crippen LogP contribution >= 0.6 is 0 Å². The average Bonchev–Trinajstić information content (AvgIpc) is 3.82. The van der Waals surface area contributed by atoms with Crippen molar-refractivity contribution in [1.82, 2.24) is 29.0 Å². The van der Waals surface area contributed by atoms with Gasteiger partial charge in [-0.2, -0.15) is 5.10 Å². The summed E-state index contributed by atoms with van der Waals surface area (Å²) in [7, 11) is 1.97.